The number of carbonyl (C=O) groups excluding carboxylic acids is 1. The summed E-state index contributed by atoms with van der Waals surface area (Å²) in [5, 5.41) is 0. The first-order valence-corrected chi connectivity index (χ1v) is 8.27. The van der Waals surface area contributed by atoms with Crippen LogP contribution in [0.25, 0.3) is 10.3 Å². The Labute approximate surface area is 136 Å². The molecule has 1 aliphatic rings. The highest BCUT2D eigenvalue weighted by Gasteiger charge is 2.35. The molecule has 0 aliphatic carbocycles. The number of fused-ring (bicyclic) bond motifs is 1. The summed E-state index contributed by atoms with van der Waals surface area (Å²) in [5.41, 5.74) is 6.11. The summed E-state index contributed by atoms with van der Waals surface area (Å²) in [6.45, 7) is 3.32. The Bertz CT molecular complexity index is 787. The van der Waals surface area contributed by atoms with Gasteiger partial charge in [0.1, 0.15) is 12.3 Å². The maximum atomic E-state index is 12.3. The molecule has 0 amide bonds. The number of hydrogen-bond acceptors (Lipinski definition) is 8. The van der Waals surface area contributed by atoms with Gasteiger partial charge in [0.15, 0.2) is 5.65 Å². The molecule has 0 bridgehead atoms. The fourth-order valence-corrected chi connectivity index (χ4v) is 3.68. The summed E-state index contributed by atoms with van der Waals surface area (Å²) >= 11 is 1.06. The third-order valence-corrected chi connectivity index (χ3v) is 4.71. The molecule has 8 nitrogen and oxygen atoms in total. The lowest BCUT2D eigenvalue weighted by molar-refractivity contribution is -0.156. The number of nitrogens with zero attached hydrogens (tertiary/aromatic N) is 3. The maximum absolute atomic E-state index is 12.3. The quantitative estimate of drug-likeness (QED) is 0.840. The SMILES string of the molecule is CCC(OC(C)=O)C1CCC(n2c(=O)sc3cnc(N)nc32)O1. The van der Waals surface area contributed by atoms with Gasteiger partial charge in [0.2, 0.25) is 5.95 Å². The first-order chi connectivity index (χ1) is 11.0. The molecule has 3 rings (SSSR count). The monoisotopic (exact) mass is 338 g/mol. The summed E-state index contributed by atoms with van der Waals surface area (Å²) in [5.74, 6) is -0.215. The standard InChI is InChI=1S/C14H18N4O4S/c1-3-8(21-7(2)19)9-4-5-11(22-9)18-12-10(23-14(18)20)6-16-13(15)17-12/h6,8-9,11H,3-5H2,1-2H3,(H2,15,16,17). The minimum Gasteiger partial charge on any atom is -0.460 e. The molecule has 2 aromatic rings. The molecule has 0 spiro atoms. The van der Waals surface area contributed by atoms with E-state index in [1.165, 1.54) is 11.5 Å². The van der Waals surface area contributed by atoms with Crippen molar-refractivity contribution in [3.63, 3.8) is 0 Å². The predicted octanol–water partition coefficient (Wildman–Crippen LogP) is 1.45. The van der Waals surface area contributed by atoms with Gasteiger partial charge in [-0.05, 0) is 19.3 Å². The van der Waals surface area contributed by atoms with Crippen LogP contribution in [0.5, 0.6) is 0 Å². The fourth-order valence-electron chi connectivity index (χ4n) is 2.85. The smallest absolute Gasteiger partial charge is 0.311 e. The van der Waals surface area contributed by atoms with Crippen molar-refractivity contribution < 1.29 is 14.3 Å². The number of ether oxygens (including phenoxy) is 2. The molecule has 124 valence electrons. The van der Waals surface area contributed by atoms with E-state index < -0.39 is 6.23 Å². The van der Waals surface area contributed by atoms with Crippen molar-refractivity contribution >= 4 is 33.6 Å². The zero-order valence-corrected chi connectivity index (χ0v) is 13.7. The number of esters is 1. The molecule has 1 aliphatic heterocycles. The van der Waals surface area contributed by atoms with Crippen molar-refractivity contribution in [2.45, 2.75) is 51.5 Å². The first kappa shape index (κ1) is 15.9. The van der Waals surface area contributed by atoms with E-state index >= 15 is 0 Å². The van der Waals surface area contributed by atoms with Crippen molar-refractivity contribution in [3.8, 4) is 0 Å². The average molecular weight is 338 g/mol. The van der Waals surface area contributed by atoms with Gasteiger partial charge in [0.05, 0.1) is 17.0 Å². The van der Waals surface area contributed by atoms with Crippen molar-refractivity contribution in [2.75, 3.05) is 5.73 Å². The summed E-state index contributed by atoms with van der Waals surface area (Å²) in [6, 6.07) is 0. The molecule has 2 N–H and O–H groups in total. The normalized spacial score (nSPS) is 22.3. The van der Waals surface area contributed by atoms with E-state index in [0.717, 1.165) is 11.3 Å². The van der Waals surface area contributed by atoms with Gasteiger partial charge in [0.25, 0.3) is 0 Å². The second-order valence-electron chi connectivity index (χ2n) is 5.42. The largest absolute Gasteiger partial charge is 0.460 e. The zero-order valence-electron chi connectivity index (χ0n) is 12.9. The van der Waals surface area contributed by atoms with Crippen molar-refractivity contribution in [1.29, 1.82) is 0 Å². The highest BCUT2D eigenvalue weighted by atomic mass is 32.1. The molecular weight excluding hydrogens is 320 g/mol. The van der Waals surface area contributed by atoms with Crippen LogP contribution in [0.4, 0.5) is 5.95 Å². The minimum absolute atomic E-state index is 0.116. The molecule has 23 heavy (non-hydrogen) atoms. The van der Waals surface area contributed by atoms with E-state index in [1.54, 1.807) is 6.20 Å². The predicted molar refractivity (Wildman–Crippen MR) is 85.1 cm³/mol. The third-order valence-electron chi connectivity index (χ3n) is 3.83. The summed E-state index contributed by atoms with van der Waals surface area (Å²) in [6.07, 6.45) is 2.60. The molecule has 1 fully saturated rings. The van der Waals surface area contributed by atoms with Gasteiger partial charge in [-0.2, -0.15) is 4.98 Å². The summed E-state index contributed by atoms with van der Waals surface area (Å²) < 4.78 is 13.5. The van der Waals surface area contributed by atoms with Gasteiger partial charge in [-0.1, -0.05) is 18.3 Å². The van der Waals surface area contributed by atoms with Crippen LogP contribution < -0.4 is 10.6 Å². The van der Waals surface area contributed by atoms with E-state index in [4.69, 9.17) is 15.2 Å². The number of hydrogen-bond donors (Lipinski definition) is 1. The van der Waals surface area contributed by atoms with Gasteiger partial charge < -0.3 is 15.2 Å². The number of carbonyl (C=O) groups is 1. The van der Waals surface area contributed by atoms with Crippen molar-refractivity contribution in [2.24, 2.45) is 0 Å². The van der Waals surface area contributed by atoms with E-state index in [2.05, 4.69) is 9.97 Å². The fraction of sp³-hybridized carbons (Fsp3) is 0.571. The number of nitrogen functional groups attached to an aromatic ring is 1. The molecule has 9 heteroatoms. The Morgan fingerprint density at radius 3 is 3.09 bits per heavy atom. The molecule has 0 radical (unpaired) electrons. The Morgan fingerprint density at radius 1 is 1.61 bits per heavy atom. The van der Waals surface area contributed by atoms with Crippen LogP contribution in [-0.4, -0.2) is 32.7 Å². The average Bonchev–Trinajstić information content (AvgIpc) is 3.08. The number of anilines is 1. The first-order valence-electron chi connectivity index (χ1n) is 7.45. The molecule has 2 aromatic heterocycles. The molecule has 3 unspecified atom stereocenters. The van der Waals surface area contributed by atoms with Gasteiger partial charge in [-0.25, -0.2) is 4.98 Å². The summed E-state index contributed by atoms with van der Waals surface area (Å²) in [7, 11) is 0. The van der Waals surface area contributed by atoms with Crippen LogP contribution in [0.1, 0.15) is 39.3 Å². The van der Waals surface area contributed by atoms with Crippen LogP contribution >= 0.6 is 11.3 Å². The molecular formula is C14H18N4O4S. The Hall–Kier alpha value is -2.00. The molecule has 3 heterocycles. The van der Waals surface area contributed by atoms with Crippen LogP contribution in [-0.2, 0) is 14.3 Å². The van der Waals surface area contributed by atoms with E-state index in [1.807, 2.05) is 6.92 Å². The zero-order chi connectivity index (χ0) is 16.6. The Morgan fingerprint density at radius 2 is 2.39 bits per heavy atom. The Kier molecular flexibility index (Phi) is 4.31. The summed E-state index contributed by atoms with van der Waals surface area (Å²) in [4.78, 5) is 31.3. The number of aromatic nitrogens is 3. The van der Waals surface area contributed by atoms with Crippen LogP contribution in [0.15, 0.2) is 11.0 Å². The number of nitrogens with two attached hydrogens (primary N) is 1. The van der Waals surface area contributed by atoms with Gasteiger partial charge in [0, 0.05) is 6.92 Å². The molecule has 0 aromatic carbocycles. The van der Waals surface area contributed by atoms with E-state index in [0.29, 0.717) is 29.6 Å². The Balaban J connectivity index is 1.87. The second kappa shape index (κ2) is 6.25. The van der Waals surface area contributed by atoms with Gasteiger partial charge in [-0.15, -0.1) is 0 Å². The van der Waals surface area contributed by atoms with E-state index in [9.17, 15) is 9.59 Å². The number of thiazole rings is 1. The van der Waals surface area contributed by atoms with Gasteiger partial charge in [-0.3, -0.25) is 14.2 Å². The number of rotatable bonds is 4. The highest BCUT2D eigenvalue weighted by Crippen LogP contribution is 2.33. The van der Waals surface area contributed by atoms with E-state index in [-0.39, 0.29) is 29.0 Å². The third kappa shape index (κ3) is 3.06. The van der Waals surface area contributed by atoms with Crippen LogP contribution in [0.3, 0.4) is 0 Å². The topological polar surface area (TPSA) is 109 Å². The van der Waals surface area contributed by atoms with Gasteiger partial charge >= 0.3 is 10.8 Å². The van der Waals surface area contributed by atoms with Crippen molar-refractivity contribution in [1.82, 2.24) is 14.5 Å². The lowest BCUT2D eigenvalue weighted by Gasteiger charge is -2.22. The molecule has 1 saturated heterocycles. The lowest BCUT2D eigenvalue weighted by atomic mass is 10.1. The van der Waals surface area contributed by atoms with Crippen molar-refractivity contribution in [3.05, 3.63) is 15.9 Å². The molecule has 0 saturated carbocycles. The van der Waals surface area contributed by atoms with Crippen LogP contribution in [0.2, 0.25) is 0 Å². The highest BCUT2D eigenvalue weighted by molar-refractivity contribution is 7.16. The van der Waals surface area contributed by atoms with Crippen LogP contribution in [0, 0.1) is 0 Å². The maximum Gasteiger partial charge on any atom is 0.311 e. The lowest BCUT2D eigenvalue weighted by Crippen LogP contribution is -2.31. The second-order valence-corrected chi connectivity index (χ2v) is 6.41. The molecule has 3 atom stereocenters. The minimum atomic E-state index is -0.430.